The Morgan fingerprint density at radius 1 is 1.17 bits per heavy atom. The Hall–Kier alpha value is -0.820. The van der Waals surface area contributed by atoms with E-state index >= 15 is 0 Å². The highest BCUT2D eigenvalue weighted by Crippen LogP contribution is 2.57. The standard InChI is InChI=1S/C17H24O/c1-11(2)6-12-4-3-5-13(7-12)17(18)16-9-14-8-15(14)10-16/h3-5,7,11,14-18H,6,8-10H2,1-2H3. The summed E-state index contributed by atoms with van der Waals surface area (Å²) < 4.78 is 0. The Bertz CT molecular complexity index is 413. The fraction of sp³-hybridized carbons (Fsp3) is 0.647. The molecule has 2 fully saturated rings. The topological polar surface area (TPSA) is 20.2 Å². The molecule has 1 N–H and O–H groups in total. The van der Waals surface area contributed by atoms with Crippen LogP contribution in [0.5, 0.6) is 0 Å². The number of hydrogen-bond donors (Lipinski definition) is 1. The number of aliphatic hydroxyl groups is 1. The quantitative estimate of drug-likeness (QED) is 0.850. The van der Waals surface area contributed by atoms with Crippen molar-refractivity contribution in [1.29, 1.82) is 0 Å². The number of rotatable bonds is 4. The number of fused-ring (bicyclic) bond motifs is 1. The van der Waals surface area contributed by atoms with Crippen LogP contribution in [0, 0.1) is 23.7 Å². The predicted molar refractivity (Wildman–Crippen MR) is 74.3 cm³/mol. The van der Waals surface area contributed by atoms with E-state index in [0.29, 0.717) is 11.8 Å². The molecule has 1 aromatic rings. The molecular formula is C17H24O. The van der Waals surface area contributed by atoms with Crippen LogP contribution in [0.15, 0.2) is 24.3 Å². The lowest BCUT2D eigenvalue weighted by Crippen LogP contribution is -2.11. The smallest absolute Gasteiger partial charge is 0.0818 e. The van der Waals surface area contributed by atoms with Crippen molar-refractivity contribution in [1.82, 2.24) is 0 Å². The molecule has 2 aliphatic carbocycles. The van der Waals surface area contributed by atoms with Crippen molar-refractivity contribution < 1.29 is 5.11 Å². The first-order valence-corrected chi connectivity index (χ1v) is 7.40. The summed E-state index contributed by atoms with van der Waals surface area (Å²) in [7, 11) is 0. The van der Waals surface area contributed by atoms with E-state index in [2.05, 4.69) is 38.1 Å². The first-order valence-electron chi connectivity index (χ1n) is 7.40. The first kappa shape index (κ1) is 12.2. The van der Waals surface area contributed by atoms with E-state index in [1.54, 1.807) is 0 Å². The maximum Gasteiger partial charge on any atom is 0.0818 e. The molecule has 0 radical (unpaired) electrons. The largest absolute Gasteiger partial charge is 0.388 e. The summed E-state index contributed by atoms with van der Waals surface area (Å²) in [4.78, 5) is 0. The molecule has 0 saturated heterocycles. The maximum atomic E-state index is 10.5. The van der Waals surface area contributed by atoms with Gasteiger partial charge in [-0.1, -0.05) is 38.1 Å². The van der Waals surface area contributed by atoms with Crippen LogP contribution in [-0.2, 0) is 6.42 Å². The van der Waals surface area contributed by atoms with Gasteiger partial charge in [0, 0.05) is 0 Å². The van der Waals surface area contributed by atoms with Crippen LogP contribution in [0.1, 0.15) is 50.3 Å². The van der Waals surface area contributed by atoms with Gasteiger partial charge in [-0.2, -0.15) is 0 Å². The summed E-state index contributed by atoms with van der Waals surface area (Å²) in [5, 5.41) is 10.5. The van der Waals surface area contributed by atoms with E-state index in [-0.39, 0.29) is 6.10 Å². The lowest BCUT2D eigenvalue weighted by atomic mass is 9.90. The van der Waals surface area contributed by atoms with Crippen molar-refractivity contribution >= 4 is 0 Å². The number of hydrogen-bond acceptors (Lipinski definition) is 1. The van der Waals surface area contributed by atoms with Gasteiger partial charge in [-0.15, -0.1) is 0 Å². The summed E-state index contributed by atoms with van der Waals surface area (Å²) in [6.45, 7) is 4.49. The molecule has 0 aliphatic heterocycles. The average molecular weight is 244 g/mol. The number of aliphatic hydroxyl groups excluding tert-OH is 1. The van der Waals surface area contributed by atoms with Gasteiger partial charge >= 0.3 is 0 Å². The molecule has 2 aliphatic rings. The van der Waals surface area contributed by atoms with Crippen LogP contribution >= 0.6 is 0 Å². The highest BCUT2D eigenvalue weighted by Gasteiger charge is 2.47. The highest BCUT2D eigenvalue weighted by atomic mass is 16.3. The Kier molecular flexibility index (Phi) is 3.19. The molecule has 3 rings (SSSR count). The summed E-state index contributed by atoms with van der Waals surface area (Å²) >= 11 is 0. The molecule has 3 atom stereocenters. The minimum absolute atomic E-state index is 0.232. The minimum Gasteiger partial charge on any atom is -0.388 e. The van der Waals surface area contributed by atoms with Crippen LogP contribution in [0.2, 0.25) is 0 Å². The summed E-state index contributed by atoms with van der Waals surface area (Å²) in [5.41, 5.74) is 2.50. The lowest BCUT2D eigenvalue weighted by molar-refractivity contribution is 0.104. The van der Waals surface area contributed by atoms with Crippen molar-refractivity contribution in [2.24, 2.45) is 23.7 Å². The zero-order valence-corrected chi connectivity index (χ0v) is 11.5. The average Bonchev–Trinajstić information content (AvgIpc) is 2.95. The molecule has 0 bridgehead atoms. The van der Waals surface area contributed by atoms with E-state index in [1.165, 1.54) is 24.8 Å². The van der Waals surface area contributed by atoms with Crippen molar-refractivity contribution in [3.05, 3.63) is 35.4 Å². The molecule has 0 aromatic heterocycles. The zero-order valence-electron chi connectivity index (χ0n) is 11.5. The van der Waals surface area contributed by atoms with E-state index in [9.17, 15) is 5.11 Å². The molecule has 18 heavy (non-hydrogen) atoms. The fourth-order valence-corrected chi connectivity index (χ4v) is 3.67. The molecule has 98 valence electrons. The van der Waals surface area contributed by atoms with Gasteiger partial charge in [0.25, 0.3) is 0 Å². The SMILES string of the molecule is CC(C)Cc1cccc(C(O)C2CC3CC3C2)c1. The number of benzene rings is 1. The lowest BCUT2D eigenvalue weighted by Gasteiger charge is -2.20. The molecule has 0 amide bonds. The third-order valence-corrected chi connectivity index (χ3v) is 4.66. The first-order chi connectivity index (χ1) is 8.63. The Morgan fingerprint density at radius 2 is 1.89 bits per heavy atom. The van der Waals surface area contributed by atoms with Gasteiger partial charge in [0.2, 0.25) is 0 Å². The molecule has 1 heteroatoms. The van der Waals surface area contributed by atoms with Crippen LogP contribution in [0.4, 0.5) is 0 Å². The Labute approximate surface area is 110 Å². The normalized spacial score (nSPS) is 31.4. The molecule has 0 spiro atoms. The van der Waals surface area contributed by atoms with Gasteiger partial charge in [0.1, 0.15) is 0 Å². The predicted octanol–water partition coefficient (Wildman–Crippen LogP) is 3.96. The van der Waals surface area contributed by atoms with Crippen LogP contribution in [-0.4, -0.2) is 5.11 Å². The van der Waals surface area contributed by atoms with Crippen LogP contribution < -0.4 is 0 Å². The molecule has 3 unspecified atom stereocenters. The van der Waals surface area contributed by atoms with Gasteiger partial charge < -0.3 is 5.11 Å². The zero-order chi connectivity index (χ0) is 12.7. The molecule has 0 heterocycles. The molecule has 2 saturated carbocycles. The van der Waals surface area contributed by atoms with E-state index in [0.717, 1.165) is 23.8 Å². The van der Waals surface area contributed by atoms with Crippen LogP contribution in [0.3, 0.4) is 0 Å². The van der Waals surface area contributed by atoms with Crippen molar-refractivity contribution in [2.45, 2.75) is 45.6 Å². The van der Waals surface area contributed by atoms with E-state index in [4.69, 9.17) is 0 Å². The van der Waals surface area contributed by atoms with Crippen molar-refractivity contribution in [3.63, 3.8) is 0 Å². The van der Waals surface area contributed by atoms with E-state index in [1.807, 2.05) is 0 Å². The van der Waals surface area contributed by atoms with Gasteiger partial charge in [0.05, 0.1) is 6.10 Å². The molecular weight excluding hydrogens is 220 g/mol. The maximum absolute atomic E-state index is 10.5. The van der Waals surface area contributed by atoms with Crippen molar-refractivity contribution in [3.8, 4) is 0 Å². The second-order valence-corrected chi connectivity index (χ2v) is 6.78. The Morgan fingerprint density at radius 3 is 2.56 bits per heavy atom. The van der Waals surface area contributed by atoms with Gasteiger partial charge in [-0.25, -0.2) is 0 Å². The fourth-order valence-electron chi connectivity index (χ4n) is 3.67. The Balaban J connectivity index is 1.70. The second kappa shape index (κ2) is 4.70. The third kappa shape index (κ3) is 2.47. The summed E-state index contributed by atoms with van der Waals surface area (Å²) in [5.74, 6) is 3.09. The third-order valence-electron chi connectivity index (χ3n) is 4.66. The molecule has 1 aromatic carbocycles. The van der Waals surface area contributed by atoms with Gasteiger partial charge in [-0.05, 0) is 60.5 Å². The van der Waals surface area contributed by atoms with Crippen molar-refractivity contribution in [2.75, 3.05) is 0 Å². The second-order valence-electron chi connectivity index (χ2n) is 6.78. The monoisotopic (exact) mass is 244 g/mol. The highest BCUT2D eigenvalue weighted by molar-refractivity contribution is 5.26. The van der Waals surface area contributed by atoms with Gasteiger partial charge in [-0.3, -0.25) is 0 Å². The van der Waals surface area contributed by atoms with E-state index < -0.39 is 0 Å². The molecule has 1 nitrogen and oxygen atoms in total. The van der Waals surface area contributed by atoms with Gasteiger partial charge in [0.15, 0.2) is 0 Å². The summed E-state index contributed by atoms with van der Waals surface area (Å²) in [6.07, 6.45) is 4.80. The minimum atomic E-state index is -0.232. The summed E-state index contributed by atoms with van der Waals surface area (Å²) in [6, 6.07) is 8.60. The van der Waals surface area contributed by atoms with Crippen LogP contribution in [0.25, 0.3) is 0 Å².